The smallest absolute Gasteiger partial charge is 0.303 e. The van der Waals surface area contributed by atoms with Gasteiger partial charge >= 0.3 is 5.97 Å². The van der Waals surface area contributed by atoms with Crippen LogP contribution >= 0.6 is 22.6 Å². The van der Waals surface area contributed by atoms with E-state index in [1.807, 2.05) is 0 Å². The SMILES string of the molecule is O=C(O)C[C@@H]1CCCc2cc(I)ccc21. The van der Waals surface area contributed by atoms with Crippen LogP contribution in [-0.4, -0.2) is 11.1 Å². The molecule has 80 valence electrons. The second kappa shape index (κ2) is 4.51. The quantitative estimate of drug-likeness (QED) is 0.851. The molecule has 1 N–H and O–H groups in total. The zero-order valence-electron chi connectivity index (χ0n) is 8.37. The van der Waals surface area contributed by atoms with E-state index in [1.54, 1.807) is 0 Å². The minimum atomic E-state index is -0.689. The van der Waals surface area contributed by atoms with Crippen LogP contribution in [-0.2, 0) is 11.2 Å². The highest BCUT2D eigenvalue weighted by atomic mass is 127. The lowest BCUT2D eigenvalue weighted by Gasteiger charge is -2.24. The van der Waals surface area contributed by atoms with E-state index >= 15 is 0 Å². The number of rotatable bonds is 2. The number of hydrogen-bond acceptors (Lipinski definition) is 1. The van der Waals surface area contributed by atoms with Crippen molar-refractivity contribution in [1.29, 1.82) is 0 Å². The number of halogens is 1. The lowest BCUT2D eigenvalue weighted by atomic mass is 9.81. The Balaban J connectivity index is 2.30. The Morgan fingerprint density at radius 3 is 3.07 bits per heavy atom. The number of hydrogen-bond donors (Lipinski definition) is 1. The molecule has 0 saturated heterocycles. The molecule has 1 atom stereocenters. The van der Waals surface area contributed by atoms with E-state index in [4.69, 9.17) is 5.11 Å². The van der Waals surface area contributed by atoms with Gasteiger partial charge in [0.1, 0.15) is 0 Å². The van der Waals surface area contributed by atoms with Gasteiger partial charge in [-0.05, 0) is 71.0 Å². The molecule has 0 amide bonds. The van der Waals surface area contributed by atoms with Gasteiger partial charge in [0.15, 0.2) is 0 Å². The van der Waals surface area contributed by atoms with Crippen molar-refractivity contribution in [1.82, 2.24) is 0 Å². The first-order valence-corrected chi connectivity index (χ1v) is 6.25. The van der Waals surface area contributed by atoms with Crippen molar-refractivity contribution < 1.29 is 9.90 Å². The highest BCUT2D eigenvalue weighted by Crippen LogP contribution is 2.34. The Morgan fingerprint density at radius 2 is 2.33 bits per heavy atom. The first-order valence-electron chi connectivity index (χ1n) is 5.17. The number of benzene rings is 1. The van der Waals surface area contributed by atoms with Crippen LogP contribution in [0.4, 0.5) is 0 Å². The summed E-state index contributed by atoms with van der Waals surface area (Å²) in [7, 11) is 0. The van der Waals surface area contributed by atoms with Crippen LogP contribution in [0, 0.1) is 3.57 Å². The maximum atomic E-state index is 10.7. The molecule has 0 saturated carbocycles. The second-order valence-electron chi connectivity index (χ2n) is 4.03. The normalized spacial score (nSPS) is 19.7. The van der Waals surface area contributed by atoms with Crippen molar-refractivity contribution in [3.63, 3.8) is 0 Å². The van der Waals surface area contributed by atoms with Gasteiger partial charge in [-0.1, -0.05) is 6.07 Å². The Morgan fingerprint density at radius 1 is 1.53 bits per heavy atom. The molecule has 0 aliphatic heterocycles. The van der Waals surface area contributed by atoms with Crippen LogP contribution in [0.2, 0.25) is 0 Å². The van der Waals surface area contributed by atoms with Crippen molar-refractivity contribution in [3.8, 4) is 0 Å². The van der Waals surface area contributed by atoms with Crippen LogP contribution in [0.15, 0.2) is 18.2 Å². The molecule has 0 unspecified atom stereocenters. The van der Waals surface area contributed by atoms with E-state index in [9.17, 15) is 4.79 Å². The van der Waals surface area contributed by atoms with Gasteiger partial charge in [0.2, 0.25) is 0 Å². The van der Waals surface area contributed by atoms with E-state index in [2.05, 4.69) is 40.8 Å². The fourth-order valence-electron chi connectivity index (χ4n) is 2.31. The fraction of sp³-hybridized carbons (Fsp3) is 0.417. The average molecular weight is 316 g/mol. The molecule has 2 rings (SSSR count). The third-order valence-corrected chi connectivity index (χ3v) is 3.64. The maximum absolute atomic E-state index is 10.7. The van der Waals surface area contributed by atoms with Gasteiger partial charge in [-0.25, -0.2) is 0 Å². The molecule has 0 bridgehead atoms. The van der Waals surface area contributed by atoms with Crippen molar-refractivity contribution in [3.05, 3.63) is 32.9 Å². The molecule has 0 heterocycles. The molecule has 15 heavy (non-hydrogen) atoms. The molecule has 1 aromatic rings. The number of aryl methyl sites for hydroxylation is 1. The molecular formula is C12H13IO2. The van der Waals surface area contributed by atoms with Gasteiger partial charge < -0.3 is 5.11 Å². The van der Waals surface area contributed by atoms with Crippen molar-refractivity contribution in [2.24, 2.45) is 0 Å². The van der Waals surface area contributed by atoms with E-state index in [0.717, 1.165) is 19.3 Å². The highest BCUT2D eigenvalue weighted by molar-refractivity contribution is 14.1. The minimum Gasteiger partial charge on any atom is -0.481 e. The van der Waals surface area contributed by atoms with Crippen LogP contribution in [0.5, 0.6) is 0 Å². The topological polar surface area (TPSA) is 37.3 Å². The minimum absolute atomic E-state index is 0.225. The lowest BCUT2D eigenvalue weighted by Crippen LogP contribution is -2.13. The Bertz CT molecular complexity index is 387. The van der Waals surface area contributed by atoms with Gasteiger partial charge in [0.25, 0.3) is 0 Å². The molecule has 0 radical (unpaired) electrons. The van der Waals surface area contributed by atoms with E-state index in [0.29, 0.717) is 0 Å². The van der Waals surface area contributed by atoms with Gasteiger partial charge in [-0.3, -0.25) is 4.79 Å². The average Bonchev–Trinajstić information content (AvgIpc) is 2.16. The summed E-state index contributed by atoms with van der Waals surface area (Å²) in [5, 5.41) is 8.84. The summed E-state index contributed by atoms with van der Waals surface area (Å²) in [6, 6.07) is 6.35. The summed E-state index contributed by atoms with van der Waals surface area (Å²) in [6.45, 7) is 0. The predicted molar refractivity (Wildman–Crippen MR) is 67.1 cm³/mol. The van der Waals surface area contributed by atoms with Gasteiger partial charge in [-0.2, -0.15) is 0 Å². The van der Waals surface area contributed by atoms with E-state index in [-0.39, 0.29) is 12.3 Å². The van der Waals surface area contributed by atoms with Crippen LogP contribution in [0.3, 0.4) is 0 Å². The summed E-state index contributed by atoms with van der Waals surface area (Å²) in [4.78, 5) is 10.7. The van der Waals surface area contributed by atoms with Crippen molar-refractivity contribution >= 4 is 28.6 Å². The summed E-state index contributed by atoms with van der Waals surface area (Å²) in [5.41, 5.74) is 2.60. The predicted octanol–water partition coefficient (Wildman–Crippen LogP) is 3.19. The van der Waals surface area contributed by atoms with Gasteiger partial charge in [0.05, 0.1) is 6.42 Å². The highest BCUT2D eigenvalue weighted by Gasteiger charge is 2.22. The third-order valence-electron chi connectivity index (χ3n) is 2.96. The third kappa shape index (κ3) is 2.51. The summed E-state index contributed by atoms with van der Waals surface area (Å²) < 4.78 is 1.24. The Labute approximate surface area is 103 Å². The first-order chi connectivity index (χ1) is 7.16. The van der Waals surface area contributed by atoms with Crippen LogP contribution < -0.4 is 0 Å². The molecule has 3 heteroatoms. The van der Waals surface area contributed by atoms with Crippen molar-refractivity contribution in [2.45, 2.75) is 31.6 Å². The van der Waals surface area contributed by atoms with Gasteiger partial charge in [0, 0.05) is 3.57 Å². The number of carbonyl (C=O) groups is 1. The maximum Gasteiger partial charge on any atom is 0.303 e. The zero-order valence-corrected chi connectivity index (χ0v) is 10.5. The summed E-state index contributed by atoms with van der Waals surface area (Å²) >= 11 is 2.30. The first kappa shape index (κ1) is 10.9. The molecule has 0 aromatic heterocycles. The van der Waals surface area contributed by atoms with E-state index in [1.165, 1.54) is 14.7 Å². The number of aliphatic carboxylic acids is 1. The monoisotopic (exact) mass is 316 g/mol. The molecule has 0 spiro atoms. The molecule has 0 fully saturated rings. The molecular weight excluding hydrogens is 303 g/mol. The van der Waals surface area contributed by atoms with Crippen LogP contribution in [0.1, 0.15) is 36.3 Å². The summed E-state index contributed by atoms with van der Waals surface area (Å²) in [6.07, 6.45) is 3.50. The molecule has 2 nitrogen and oxygen atoms in total. The number of carboxylic acids is 1. The molecule has 1 aliphatic rings. The second-order valence-corrected chi connectivity index (χ2v) is 5.28. The fourth-order valence-corrected chi connectivity index (χ4v) is 2.86. The molecule has 1 aromatic carbocycles. The van der Waals surface area contributed by atoms with Gasteiger partial charge in [-0.15, -0.1) is 0 Å². The molecule has 1 aliphatic carbocycles. The van der Waals surface area contributed by atoms with Crippen molar-refractivity contribution in [2.75, 3.05) is 0 Å². The summed E-state index contributed by atoms with van der Waals surface area (Å²) in [5.74, 6) is -0.463. The lowest BCUT2D eigenvalue weighted by molar-refractivity contribution is -0.137. The van der Waals surface area contributed by atoms with Crippen LogP contribution in [0.25, 0.3) is 0 Å². The number of carboxylic acid groups (broad SMARTS) is 1. The number of fused-ring (bicyclic) bond motifs is 1. The largest absolute Gasteiger partial charge is 0.481 e. The standard InChI is InChI=1S/C12H13IO2/c13-10-4-5-11-8(6-10)2-1-3-9(11)7-12(14)15/h4-6,9H,1-3,7H2,(H,14,15)/t9-/m0/s1. The Kier molecular flexibility index (Phi) is 3.29. The Hall–Kier alpha value is -0.580. The zero-order chi connectivity index (χ0) is 10.8. The van der Waals surface area contributed by atoms with E-state index < -0.39 is 5.97 Å².